The molecular formula is C11H6ClF3N2O2. The number of hydrogen-bond donors (Lipinski definition) is 1. The molecule has 0 fully saturated rings. The lowest BCUT2D eigenvalue weighted by Crippen LogP contribution is -2.30. The molecule has 4 nitrogen and oxygen atoms in total. The highest BCUT2D eigenvalue weighted by Crippen LogP contribution is 2.15. The van der Waals surface area contributed by atoms with Crippen LogP contribution in [0.1, 0.15) is 5.56 Å². The third-order valence-corrected chi connectivity index (χ3v) is 2.68. The van der Waals surface area contributed by atoms with Crippen LogP contribution in [0.4, 0.5) is 13.2 Å². The molecule has 0 aliphatic heterocycles. The van der Waals surface area contributed by atoms with Crippen molar-refractivity contribution in [3.05, 3.63) is 67.2 Å². The maximum Gasteiger partial charge on any atom is 0.329 e. The van der Waals surface area contributed by atoms with E-state index < -0.39 is 28.7 Å². The van der Waals surface area contributed by atoms with Crippen LogP contribution in [0.3, 0.4) is 0 Å². The monoisotopic (exact) mass is 290 g/mol. The standard InChI is InChI=1S/C11H6ClF3N2O2/c12-8-3-9(18)16-11(19)17(8)4-5-1-6(13)10(15)7(14)2-5/h1-3H,4H2,(H,16,18,19). The van der Waals surface area contributed by atoms with Gasteiger partial charge in [0.1, 0.15) is 5.15 Å². The van der Waals surface area contributed by atoms with Crippen LogP contribution in [0.15, 0.2) is 27.8 Å². The van der Waals surface area contributed by atoms with E-state index in [1.54, 1.807) is 0 Å². The molecule has 0 radical (unpaired) electrons. The number of hydrogen-bond acceptors (Lipinski definition) is 2. The number of benzene rings is 1. The fourth-order valence-corrected chi connectivity index (χ4v) is 1.76. The van der Waals surface area contributed by atoms with E-state index in [1.807, 2.05) is 4.98 Å². The lowest BCUT2D eigenvalue weighted by molar-refractivity contribution is 0.444. The second-order valence-corrected chi connectivity index (χ2v) is 4.11. The zero-order valence-corrected chi connectivity index (χ0v) is 9.97. The highest BCUT2D eigenvalue weighted by Gasteiger charge is 2.12. The number of nitrogens with one attached hydrogen (secondary N) is 1. The fourth-order valence-electron chi connectivity index (χ4n) is 1.52. The molecule has 0 aliphatic rings. The average Bonchev–Trinajstić information content (AvgIpc) is 2.30. The summed E-state index contributed by atoms with van der Waals surface area (Å²) in [6, 6.07) is 2.43. The van der Waals surface area contributed by atoms with Gasteiger partial charge in [-0.2, -0.15) is 0 Å². The molecule has 1 N–H and O–H groups in total. The quantitative estimate of drug-likeness (QED) is 0.675. The Kier molecular flexibility index (Phi) is 3.48. The van der Waals surface area contributed by atoms with E-state index in [4.69, 9.17) is 11.6 Å². The molecule has 8 heteroatoms. The largest absolute Gasteiger partial charge is 0.329 e. The van der Waals surface area contributed by atoms with Gasteiger partial charge in [-0.25, -0.2) is 18.0 Å². The molecule has 0 saturated heterocycles. The minimum absolute atomic E-state index is 0.00699. The van der Waals surface area contributed by atoms with E-state index in [0.29, 0.717) is 0 Å². The zero-order valence-electron chi connectivity index (χ0n) is 9.21. The van der Waals surface area contributed by atoms with Crippen molar-refractivity contribution < 1.29 is 13.2 Å². The second-order valence-electron chi connectivity index (χ2n) is 3.72. The predicted octanol–water partition coefficient (Wildman–Crippen LogP) is 1.66. The Morgan fingerprint density at radius 3 is 2.21 bits per heavy atom. The summed E-state index contributed by atoms with van der Waals surface area (Å²) in [5, 5.41) is -0.195. The molecular weight excluding hydrogens is 285 g/mol. The van der Waals surface area contributed by atoms with Gasteiger partial charge in [0.15, 0.2) is 17.5 Å². The maximum absolute atomic E-state index is 13.0. The van der Waals surface area contributed by atoms with Crippen molar-refractivity contribution in [2.45, 2.75) is 6.54 Å². The van der Waals surface area contributed by atoms with Crippen LogP contribution in [-0.2, 0) is 6.54 Å². The minimum Gasteiger partial charge on any atom is -0.279 e. The van der Waals surface area contributed by atoms with Crippen molar-refractivity contribution >= 4 is 11.6 Å². The van der Waals surface area contributed by atoms with E-state index in [0.717, 1.165) is 22.8 Å². The van der Waals surface area contributed by atoms with Crippen molar-refractivity contribution in [3.63, 3.8) is 0 Å². The fraction of sp³-hybridized carbons (Fsp3) is 0.0909. The number of aromatic nitrogens is 2. The van der Waals surface area contributed by atoms with Crippen LogP contribution in [-0.4, -0.2) is 9.55 Å². The lowest BCUT2D eigenvalue weighted by atomic mass is 10.2. The minimum atomic E-state index is -1.59. The van der Waals surface area contributed by atoms with Gasteiger partial charge in [0.05, 0.1) is 6.54 Å². The van der Waals surface area contributed by atoms with Gasteiger partial charge < -0.3 is 0 Å². The smallest absolute Gasteiger partial charge is 0.279 e. The third kappa shape index (κ3) is 2.70. The van der Waals surface area contributed by atoms with Gasteiger partial charge in [-0.1, -0.05) is 11.6 Å². The molecule has 0 spiro atoms. The Hall–Kier alpha value is -2.02. The first-order valence-corrected chi connectivity index (χ1v) is 5.39. The third-order valence-electron chi connectivity index (χ3n) is 2.37. The molecule has 19 heavy (non-hydrogen) atoms. The molecule has 0 saturated carbocycles. The Bertz CT molecular complexity index is 731. The Morgan fingerprint density at radius 1 is 1.11 bits per heavy atom. The van der Waals surface area contributed by atoms with Crippen molar-refractivity contribution in [1.29, 1.82) is 0 Å². The molecule has 100 valence electrons. The van der Waals surface area contributed by atoms with Gasteiger partial charge in [0.25, 0.3) is 5.56 Å². The van der Waals surface area contributed by atoms with E-state index >= 15 is 0 Å². The molecule has 0 bridgehead atoms. The first-order valence-electron chi connectivity index (χ1n) is 5.01. The summed E-state index contributed by atoms with van der Waals surface area (Å²) in [6.45, 7) is -0.303. The van der Waals surface area contributed by atoms with Crippen molar-refractivity contribution in [2.24, 2.45) is 0 Å². The summed E-state index contributed by atoms with van der Waals surface area (Å²) in [5.74, 6) is -4.34. The zero-order chi connectivity index (χ0) is 14.2. The summed E-state index contributed by atoms with van der Waals surface area (Å²) in [6.07, 6.45) is 0. The number of aromatic amines is 1. The van der Waals surface area contributed by atoms with Gasteiger partial charge in [0.2, 0.25) is 0 Å². The molecule has 0 atom stereocenters. The molecule has 0 amide bonds. The number of halogens is 4. The van der Waals surface area contributed by atoms with Gasteiger partial charge >= 0.3 is 5.69 Å². The second kappa shape index (κ2) is 4.93. The van der Waals surface area contributed by atoms with E-state index in [-0.39, 0.29) is 17.3 Å². The maximum atomic E-state index is 13.0. The predicted molar refractivity (Wildman–Crippen MR) is 61.8 cm³/mol. The number of nitrogens with zero attached hydrogens (tertiary/aromatic N) is 1. The van der Waals surface area contributed by atoms with Crippen LogP contribution in [0.2, 0.25) is 5.15 Å². The van der Waals surface area contributed by atoms with Crippen LogP contribution < -0.4 is 11.2 Å². The van der Waals surface area contributed by atoms with E-state index in [2.05, 4.69) is 0 Å². The normalized spacial score (nSPS) is 10.7. The highest BCUT2D eigenvalue weighted by molar-refractivity contribution is 6.29. The molecule has 2 aromatic rings. The first kappa shape index (κ1) is 13.4. The summed E-state index contributed by atoms with van der Waals surface area (Å²) in [7, 11) is 0. The topological polar surface area (TPSA) is 54.9 Å². The number of H-pyrrole nitrogens is 1. The Balaban J connectivity index is 2.48. The molecule has 0 aliphatic carbocycles. The SMILES string of the molecule is O=c1cc(Cl)n(Cc2cc(F)c(F)c(F)c2)c(=O)[nH]1. The van der Waals surface area contributed by atoms with Crippen molar-refractivity contribution in [2.75, 3.05) is 0 Å². The van der Waals surface area contributed by atoms with Crippen LogP contribution in [0, 0.1) is 17.5 Å². The van der Waals surface area contributed by atoms with Gasteiger partial charge in [-0.3, -0.25) is 14.3 Å². The van der Waals surface area contributed by atoms with E-state index in [1.165, 1.54) is 0 Å². The molecule has 1 aromatic carbocycles. The van der Waals surface area contributed by atoms with Crippen LogP contribution in [0.25, 0.3) is 0 Å². The van der Waals surface area contributed by atoms with Crippen molar-refractivity contribution in [3.8, 4) is 0 Å². The summed E-state index contributed by atoms with van der Waals surface area (Å²) >= 11 is 5.68. The van der Waals surface area contributed by atoms with Crippen LogP contribution in [0.5, 0.6) is 0 Å². The lowest BCUT2D eigenvalue weighted by Gasteiger charge is -2.08. The molecule has 1 aromatic heterocycles. The van der Waals surface area contributed by atoms with Crippen LogP contribution >= 0.6 is 11.6 Å². The van der Waals surface area contributed by atoms with Crippen molar-refractivity contribution in [1.82, 2.24) is 9.55 Å². The Labute approximate surface area is 109 Å². The van der Waals surface area contributed by atoms with Gasteiger partial charge in [-0.15, -0.1) is 0 Å². The molecule has 0 unspecified atom stereocenters. The van der Waals surface area contributed by atoms with E-state index in [9.17, 15) is 22.8 Å². The summed E-state index contributed by atoms with van der Waals surface area (Å²) in [5.41, 5.74) is -1.53. The summed E-state index contributed by atoms with van der Waals surface area (Å²) in [4.78, 5) is 24.4. The van der Waals surface area contributed by atoms with Gasteiger partial charge in [0, 0.05) is 6.07 Å². The van der Waals surface area contributed by atoms with Gasteiger partial charge in [-0.05, 0) is 17.7 Å². The summed E-state index contributed by atoms with van der Waals surface area (Å²) < 4.78 is 39.7. The first-order chi connectivity index (χ1) is 8.88. The highest BCUT2D eigenvalue weighted by atomic mass is 35.5. The Morgan fingerprint density at radius 2 is 1.68 bits per heavy atom. The molecule has 1 heterocycles. The average molecular weight is 291 g/mol. The molecule has 2 rings (SSSR count). The number of rotatable bonds is 2.